The average Bonchev–Trinajstić information content (AvgIpc) is 2.41. The number of para-hydroxylation sites is 1. The van der Waals surface area contributed by atoms with Gasteiger partial charge < -0.3 is 14.7 Å². The highest BCUT2D eigenvalue weighted by atomic mass is 16.5. The molecule has 0 radical (unpaired) electrons. The van der Waals surface area contributed by atoms with E-state index in [4.69, 9.17) is 4.74 Å². The predicted octanol–water partition coefficient (Wildman–Crippen LogP) is 1.69. The summed E-state index contributed by atoms with van der Waals surface area (Å²) in [5, 5.41) is 9.36. The Bertz CT molecular complexity index is 500. The maximum Gasteiger partial charge on any atom is 0.308 e. The van der Waals surface area contributed by atoms with Gasteiger partial charge in [0.1, 0.15) is 5.75 Å². The molecule has 1 fully saturated rings. The van der Waals surface area contributed by atoms with Crippen LogP contribution in [0.4, 0.5) is 0 Å². The van der Waals surface area contributed by atoms with Crippen LogP contribution in [-0.2, 0) is 9.59 Å². The van der Waals surface area contributed by atoms with Crippen molar-refractivity contribution in [2.45, 2.75) is 18.9 Å². The van der Waals surface area contributed by atoms with Crippen LogP contribution in [0.3, 0.4) is 0 Å². The van der Waals surface area contributed by atoms with E-state index in [1.165, 1.54) is 4.90 Å². The van der Waals surface area contributed by atoms with Crippen molar-refractivity contribution >= 4 is 11.9 Å². The van der Waals surface area contributed by atoms with Crippen LogP contribution < -0.4 is 4.74 Å². The summed E-state index contributed by atoms with van der Waals surface area (Å²) in [5.41, 5.74) is 0.743. The normalized spacial score (nSPS) is 23.3. The number of aliphatic carboxylic acids is 1. The van der Waals surface area contributed by atoms with E-state index in [1.54, 1.807) is 20.2 Å². The summed E-state index contributed by atoms with van der Waals surface area (Å²) in [6.07, 6.45) is 0.639. The SMILES string of the molecule is COc1ccccc1[C@H]1[C@H](C(=O)O)CCC(=O)N1C. The third kappa shape index (κ3) is 2.41. The molecule has 1 aliphatic rings. The highest BCUT2D eigenvalue weighted by Crippen LogP contribution is 2.39. The minimum absolute atomic E-state index is 0.0339. The van der Waals surface area contributed by atoms with Gasteiger partial charge >= 0.3 is 5.97 Å². The molecule has 1 amide bonds. The molecule has 1 heterocycles. The molecular weight excluding hydrogens is 246 g/mol. The van der Waals surface area contributed by atoms with Crippen molar-refractivity contribution < 1.29 is 19.4 Å². The van der Waals surface area contributed by atoms with Crippen molar-refractivity contribution in [1.82, 2.24) is 4.90 Å². The van der Waals surface area contributed by atoms with Gasteiger partial charge in [0.25, 0.3) is 0 Å². The quantitative estimate of drug-likeness (QED) is 0.901. The van der Waals surface area contributed by atoms with Crippen molar-refractivity contribution in [3.05, 3.63) is 29.8 Å². The Kier molecular flexibility index (Phi) is 3.74. The van der Waals surface area contributed by atoms with Crippen LogP contribution in [0, 0.1) is 5.92 Å². The van der Waals surface area contributed by atoms with E-state index in [-0.39, 0.29) is 12.3 Å². The summed E-state index contributed by atoms with van der Waals surface area (Å²) in [4.78, 5) is 24.8. The summed E-state index contributed by atoms with van der Waals surface area (Å²) in [6, 6.07) is 6.76. The van der Waals surface area contributed by atoms with Gasteiger partial charge in [-0.05, 0) is 12.5 Å². The Morgan fingerprint density at radius 2 is 2.11 bits per heavy atom. The minimum Gasteiger partial charge on any atom is -0.496 e. The molecule has 19 heavy (non-hydrogen) atoms. The van der Waals surface area contributed by atoms with Gasteiger partial charge in [-0.15, -0.1) is 0 Å². The van der Waals surface area contributed by atoms with Gasteiger partial charge in [0.15, 0.2) is 0 Å². The van der Waals surface area contributed by atoms with Gasteiger partial charge in [-0.2, -0.15) is 0 Å². The highest BCUT2D eigenvalue weighted by molar-refractivity contribution is 5.81. The summed E-state index contributed by atoms with van der Waals surface area (Å²) < 4.78 is 5.28. The van der Waals surface area contributed by atoms with Crippen molar-refractivity contribution in [3.63, 3.8) is 0 Å². The molecular formula is C14H17NO4. The molecule has 0 aromatic heterocycles. The Labute approximate surface area is 111 Å². The van der Waals surface area contributed by atoms with Gasteiger partial charge in [-0.25, -0.2) is 0 Å². The zero-order chi connectivity index (χ0) is 14.0. The fourth-order valence-electron chi connectivity index (χ4n) is 2.63. The van der Waals surface area contributed by atoms with Crippen molar-refractivity contribution in [2.75, 3.05) is 14.2 Å². The third-order valence-corrected chi connectivity index (χ3v) is 3.64. The van der Waals surface area contributed by atoms with E-state index in [1.807, 2.05) is 18.2 Å². The number of ether oxygens (including phenoxy) is 1. The Balaban J connectivity index is 2.46. The van der Waals surface area contributed by atoms with E-state index < -0.39 is 17.9 Å². The summed E-state index contributed by atoms with van der Waals surface area (Å²) >= 11 is 0. The molecule has 1 saturated heterocycles. The van der Waals surface area contributed by atoms with E-state index in [0.29, 0.717) is 12.2 Å². The van der Waals surface area contributed by atoms with Crippen LogP contribution >= 0.6 is 0 Å². The van der Waals surface area contributed by atoms with Crippen LogP contribution in [-0.4, -0.2) is 36.0 Å². The molecule has 5 heteroatoms. The molecule has 0 aliphatic carbocycles. The fourth-order valence-corrected chi connectivity index (χ4v) is 2.63. The first-order valence-corrected chi connectivity index (χ1v) is 6.17. The molecule has 0 bridgehead atoms. The number of piperidine rings is 1. The summed E-state index contributed by atoms with van der Waals surface area (Å²) in [6.45, 7) is 0. The molecule has 2 rings (SSSR count). The fraction of sp³-hybridized carbons (Fsp3) is 0.429. The lowest BCUT2D eigenvalue weighted by molar-refractivity contribution is -0.150. The lowest BCUT2D eigenvalue weighted by Crippen LogP contribution is -2.43. The Morgan fingerprint density at radius 1 is 1.42 bits per heavy atom. The zero-order valence-electron chi connectivity index (χ0n) is 11.0. The number of hydrogen-bond acceptors (Lipinski definition) is 3. The molecule has 0 saturated carbocycles. The van der Waals surface area contributed by atoms with E-state index in [9.17, 15) is 14.7 Å². The Morgan fingerprint density at radius 3 is 2.74 bits per heavy atom. The first-order valence-electron chi connectivity index (χ1n) is 6.17. The second-order valence-electron chi connectivity index (χ2n) is 4.67. The lowest BCUT2D eigenvalue weighted by atomic mass is 9.84. The lowest BCUT2D eigenvalue weighted by Gasteiger charge is -2.37. The van der Waals surface area contributed by atoms with Crippen molar-refractivity contribution in [3.8, 4) is 5.75 Å². The molecule has 1 aromatic carbocycles. The number of carboxylic acids is 1. The first-order chi connectivity index (χ1) is 9.06. The highest BCUT2D eigenvalue weighted by Gasteiger charge is 2.40. The van der Waals surface area contributed by atoms with Gasteiger partial charge in [-0.3, -0.25) is 9.59 Å². The van der Waals surface area contributed by atoms with Crippen LogP contribution in [0.5, 0.6) is 5.75 Å². The Hall–Kier alpha value is -2.04. The topological polar surface area (TPSA) is 66.8 Å². The van der Waals surface area contributed by atoms with Gasteiger partial charge in [0, 0.05) is 19.0 Å². The number of carbonyl (C=O) groups excluding carboxylic acids is 1. The smallest absolute Gasteiger partial charge is 0.308 e. The third-order valence-electron chi connectivity index (χ3n) is 3.64. The van der Waals surface area contributed by atoms with Crippen molar-refractivity contribution in [2.24, 2.45) is 5.92 Å². The number of carbonyl (C=O) groups is 2. The molecule has 0 unspecified atom stereocenters. The molecule has 1 aliphatic heterocycles. The van der Waals surface area contributed by atoms with Crippen LogP contribution in [0.15, 0.2) is 24.3 Å². The van der Waals surface area contributed by atoms with Gasteiger partial charge in [0.2, 0.25) is 5.91 Å². The average molecular weight is 263 g/mol. The minimum atomic E-state index is -0.879. The first kappa shape index (κ1) is 13.4. The standard InChI is InChI=1S/C14H17NO4/c1-15-12(16)8-7-10(14(17)18)13(15)9-5-3-4-6-11(9)19-2/h3-6,10,13H,7-8H2,1-2H3,(H,17,18)/t10-,13+/m1/s1. The largest absolute Gasteiger partial charge is 0.496 e. The number of methoxy groups -OCH3 is 1. The number of nitrogens with zero attached hydrogens (tertiary/aromatic N) is 1. The van der Waals surface area contributed by atoms with Crippen molar-refractivity contribution in [1.29, 1.82) is 0 Å². The number of hydrogen-bond donors (Lipinski definition) is 1. The number of likely N-dealkylation sites (tertiary alicyclic amines) is 1. The second kappa shape index (κ2) is 5.30. The van der Waals surface area contributed by atoms with Gasteiger partial charge in [-0.1, -0.05) is 18.2 Å². The molecule has 1 N–H and O–H groups in total. The molecule has 0 spiro atoms. The van der Waals surface area contributed by atoms with E-state index in [0.717, 1.165) is 5.56 Å². The predicted molar refractivity (Wildman–Crippen MR) is 68.9 cm³/mol. The van der Waals surface area contributed by atoms with Gasteiger partial charge in [0.05, 0.1) is 19.1 Å². The zero-order valence-corrected chi connectivity index (χ0v) is 11.0. The second-order valence-corrected chi connectivity index (χ2v) is 4.67. The molecule has 5 nitrogen and oxygen atoms in total. The summed E-state index contributed by atoms with van der Waals surface area (Å²) in [5.74, 6) is -0.900. The maximum atomic E-state index is 11.8. The number of carboxylic acid groups (broad SMARTS) is 1. The molecule has 2 atom stereocenters. The molecule has 1 aromatic rings. The van der Waals surface area contributed by atoms with Crippen LogP contribution in [0.1, 0.15) is 24.4 Å². The van der Waals surface area contributed by atoms with E-state index >= 15 is 0 Å². The van der Waals surface area contributed by atoms with E-state index in [2.05, 4.69) is 0 Å². The summed E-state index contributed by atoms with van der Waals surface area (Å²) in [7, 11) is 3.19. The maximum absolute atomic E-state index is 11.8. The number of rotatable bonds is 3. The molecule has 102 valence electrons. The number of amides is 1. The number of benzene rings is 1. The monoisotopic (exact) mass is 263 g/mol. The van der Waals surface area contributed by atoms with Crippen LogP contribution in [0.2, 0.25) is 0 Å². The van der Waals surface area contributed by atoms with Crippen LogP contribution in [0.25, 0.3) is 0 Å².